The largest absolute Gasteiger partial charge is 0.481 e. The Morgan fingerprint density at radius 1 is 1.44 bits per heavy atom. The van der Waals surface area contributed by atoms with Gasteiger partial charge in [-0.15, -0.1) is 10.2 Å². The van der Waals surface area contributed by atoms with Gasteiger partial charge in [0.15, 0.2) is 5.69 Å². The van der Waals surface area contributed by atoms with Gasteiger partial charge in [-0.1, -0.05) is 13.3 Å². The topological polar surface area (TPSA) is 118 Å². The molecular formula is C11H16N4O3. The maximum absolute atomic E-state index is 10.9. The Bertz CT molecular complexity index is 419. The van der Waals surface area contributed by atoms with Crippen LogP contribution in [0.3, 0.4) is 0 Å². The summed E-state index contributed by atoms with van der Waals surface area (Å²) in [4.78, 5) is 21.7. The molecule has 0 spiro atoms. The molecular weight excluding hydrogens is 236 g/mol. The fourth-order valence-corrected chi connectivity index (χ4v) is 1.45. The second-order valence-corrected chi connectivity index (χ2v) is 3.87. The van der Waals surface area contributed by atoms with E-state index in [2.05, 4.69) is 15.5 Å². The molecule has 1 heterocycles. The minimum absolute atomic E-state index is 0.0730. The van der Waals surface area contributed by atoms with Crippen LogP contribution in [0.25, 0.3) is 0 Å². The second-order valence-electron chi connectivity index (χ2n) is 3.87. The van der Waals surface area contributed by atoms with Crippen molar-refractivity contribution in [3.05, 3.63) is 17.8 Å². The first-order valence-electron chi connectivity index (χ1n) is 5.64. The second kappa shape index (κ2) is 6.53. The third-order valence-corrected chi connectivity index (χ3v) is 2.43. The number of anilines is 1. The SMILES string of the molecule is CCCC(CNc1ccc(C(N)=O)nn1)C(=O)O. The predicted octanol–water partition coefficient (Wildman–Crippen LogP) is 0.488. The van der Waals surface area contributed by atoms with Crippen LogP contribution < -0.4 is 11.1 Å². The molecule has 7 nitrogen and oxygen atoms in total. The minimum atomic E-state index is -0.842. The van der Waals surface area contributed by atoms with Crippen LogP contribution in [0, 0.1) is 5.92 Å². The van der Waals surface area contributed by atoms with Crippen LogP contribution in [0.4, 0.5) is 5.82 Å². The van der Waals surface area contributed by atoms with Crippen molar-refractivity contribution in [3.63, 3.8) is 0 Å². The highest BCUT2D eigenvalue weighted by molar-refractivity contribution is 5.90. The number of nitrogens with two attached hydrogens (primary N) is 1. The van der Waals surface area contributed by atoms with Gasteiger partial charge in [-0.25, -0.2) is 0 Å². The first kappa shape index (κ1) is 13.9. The van der Waals surface area contributed by atoms with Crippen molar-refractivity contribution < 1.29 is 14.7 Å². The van der Waals surface area contributed by atoms with Crippen molar-refractivity contribution in [2.24, 2.45) is 11.7 Å². The molecule has 98 valence electrons. The molecule has 7 heteroatoms. The van der Waals surface area contributed by atoms with E-state index < -0.39 is 17.8 Å². The monoisotopic (exact) mass is 252 g/mol. The maximum Gasteiger partial charge on any atom is 0.308 e. The third-order valence-electron chi connectivity index (χ3n) is 2.43. The number of carbonyl (C=O) groups is 2. The van der Waals surface area contributed by atoms with Crippen LogP contribution >= 0.6 is 0 Å². The van der Waals surface area contributed by atoms with E-state index in [0.717, 1.165) is 6.42 Å². The van der Waals surface area contributed by atoms with Gasteiger partial charge in [0.25, 0.3) is 5.91 Å². The third kappa shape index (κ3) is 4.00. The Balaban J connectivity index is 2.56. The predicted molar refractivity (Wildman–Crippen MR) is 65.1 cm³/mol. The van der Waals surface area contributed by atoms with Crippen LogP contribution in [0.2, 0.25) is 0 Å². The summed E-state index contributed by atoms with van der Waals surface area (Å²) in [7, 11) is 0. The van der Waals surface area contributed by atoms with Crippen molar-refractivity contribution in [2.75, 3.05) is 11.9 Å². The minimum Gasteiger partial charge on any atom is -0.481 e. The number of amides is 1. The summed E-state index contributed by atoms with van der Waals surface area (Å²) < 4.78 is 0. The number of hydrogen-bond donors (Lipinski definition) is 3. The molecule has 1 rings (SSSR count). The Kier molecular flexibility index (Phi) is 5.04. The lowest BCUT2D eigenvalue weighted by molar-refractivity contribution is -0.141. The van der Waals surface area contributed by atoms with Gasteiger partial charge in [0.1, 0.15) is 5.82 Å². The summed E-state index contributed by atoms with van der Waals surface area (Å²) in [6.07, 6.45) is 1.39. The number of nitrogens with one attached hydrogen (secondary N) is 1. The van der Waals surface area contributed by atoms with Gasteiger partial charge in [-0.05, 0) is 18.6 Å². The van der Waals surface area contributed by atoms with E-state index in [1.807, 2.05) is 6.92 Å². The van der Waals surface area contributed by atoms with Gasteiger partial charge in [0.2, 0.25) is 0 Å². The van der Waals surface area contributed by atoms with Gasteiger partial charge >= 0.3 is 5.97 Å². The van der Waals surface area contributed by atoms with E-state index in [4.69, 9.17) is 10.8 Å². The molecule has 0 radical (unpaired) electrons. The molecule has 1 atom stereocenters. The summed E-state index contributed by atoms with van der Waals surface area (Å²) in [5.74, 6) is -1.54. The molecule has 1 aromatic rings. The molecule has 0 aliphatic rings. The smallest absolute Gasteiger partial charge is 0.308 e. The van der Waals surface area contributed by atoms with Crippen LogP contribution in [0.1, 0.15) is 30.3 Å². The van der Waals surface area contributed by atoms with Gasteiger partial charge in [-0.3, -0.25) is 9.59 Å². The van der Waals surface area contributed by atoms with Crippen LogP contribution in [-0.4, -0.2) is 33.7 Å². The molecule has 18 heavy (non-hydrogen) atoms. The van der Waals surface area contributed by atoms with Gasteiger partial charge in [0.05, 0.1) is 5.92 Å². The average molecular weight is 252 g/mol. The van der Waals surface area contributed by atoms with Gasteiger partial charge in [0, 0.05) is 6.54 Å². The normalized spacial score (nSPS) is 11.8. The molecule has 1 aromatic heterocycles. The Morgan fingerprint density at radius 3 is 2.61 bits per heavy atom. The van der Waals surface area contributed by atoms with Crippen molar-refractivity contribution in [3.8, 4) is 0 Å². The molecule has 0 aliphatic carbocycles. The lowest BCUT2D eigenvalue weighted by Gasteiger charge is -2.12. The highest BCUT2D eigenvalue weighted by Gasteiger charge is 2.16. The highest BCUT2D eigenvalue weighted by atomic mass is 16.4. The molecule has 0 saturated carbocycles. The number of carboxylic acids is 1. The number of primary amides is 1. The average Bonchev–Trinajstić information content (AvgIpc) is 2.34. The fourth-order valence-electron chi connectivity index (χ4n) is 1.45. The number of nitrogens with zero attached hydrogens (tertiary/aromatic N) is 2. The molecule has 0 bridgehead atoms. The molecule has 0 fully saturated rings. The summed E-state index contributed by atoms with van der Waals surface area (Å²) in [5.41, 5.74) is 5.10. The highest BCUT2D eigenvalue weighted by Crippen LogP contribution is 2.09. The van der Waals surface area contributed by atoms with Gasteiger partial charge < -0.3 is 16.2 Å². The first-order chi connectivity index (χ1) is 8.54. The first-order valence-corrected chi connectivity index (χ1v) is 5.64. The molecule has 1 unspecified atom stereocenters. The van der Waals surface area contributed by atoms with Crippen LogP contribution in [0.5, 0.6) is 0 Å². The Labute approximate surface area is 104 Å². The maximum atomic E-state index is 10.9. The van der Waals surface area contributed by atoms with E-state index in [-0.39, 0.29) is 12.2 Å². The zero-order valence-corrected chi connectivity index (χ0v) is 10.1. The van der Waals surface area contributed by atoms with Gasteiger partial charge in [-0.2, -0.15) is 0 Å². The summed E-state index contributed by atoms with van der Waals surface area (Å²) in [6, 6.07) is 2.98. The van der Waals surface area contributed by atoms with E-state index in [0.29, 0.717) is 12.2 Å². The molecule has 0 aromatic carbocycles. The summed E-state index contributed by atoms with van der Waals surface area (Å²) in [6.45, 7) is 2.20. The zero-order valence-electron chi connectivity index (χ0n) is 10.1. The van der Waals surface area contributed by atoms with Crippen molar-refractivity contribution in [1.82, 2.24) is 10.2 Å². The summed E-state index contributed by atoms with van der Waals surface area (Å²) >= 11 is 0. The molecule has 0 saturated heterocycles. The summed E-state index contributed by atoms with van der Waals surface area (Å²) in [5, 5.41) is 19.2. The van der Waals surface area contributed by atoms with E-state index in [1.54, 1.807) is 0 Å². The van der Waals surface area contributed by atoms with Crippen LogP contribution in [-0.2, 0) is 4.79 Å². The zero-order chi connectivity index (χ0) is 13.5. The number of rotatable bonds is 7. The lowest BCUT2D eigenvalue weighted by Crippen LogP contribution is -2.23. The molecule has 1 amide bonds. The lowest BCUT2D eigenvalue weighted by atomic mass is 10.0. The fraction of sp³-hybridized carbons (Fsp3) is 0.455. The number of hydrogen-bond acceptors (Lipinski definition) is 5. The van der Waals surface area contributed by atoms with Crippen molar-refractivity contribution in [1.29, 1.82) is 0 Å². The Morgan fingerprint density at radius 2 is 2.17 bits per heavy atom. The number of aromatic nitrogens is 2. The number of carbonyl (C=O) groups excluding carboxylic acids is 1. The number of carboxylic acid groups (broad SMARTS) is 1. The Hall–Kier alpha value is -2.18. The molecule has 4 N–H and O–H groups in total. The van der Waals surface area contributed by atoms with Crippen LogP contribution in [0.15, 0.2) is 12.1 Å². The van der Waals surface area contributed by atoms with E-state index in [1.165, 1.54) is 12.1 Å². The molecule has 0 aliphatic heterocycles. The van der Waals surface area contributed by atoms with Crippen molar-refractivity contribution in [2.45, 2.75) is 19.8 Å². The standard InChI is InChI=1S/C11H16N4O3/c1-2-3-7(11(17)18)6-13-9-5-4-8(10(12)16)14-15-9/h4-5,7H,2-3,6H2,1H3,(H2,12,16)(H,13,15)(H,17,18). The number of aliphatic carboxylic acids is 1. The van der Waals surface area contributed by atoms with E-state index >= 15 is 0 Å². The van der Waals surface area contributed by atoms with Crippen molar-refractivity contribution >= 4 is 17.7 Å². The van der Waals surface area contributed by atoms with E-state index in [9.17, 15) is 9.59 Å². The quantitative estimate of drug-likeness (QED) is 0.649.